The molecule has 1 fully saturated rings. The van der Waals surface area contributed by atoms with E-state index < -0.39 is 11.9 Å². The van der Waals surface area contributed by atoms with Crippen LogP contribution < -0.4 is 10.6 Å². The lowest BCUT2D eigenvalue weighted by atomic mass is 10.2. The first-order chi connectivity index (χ1) is 7.18. The average molecular weight is 223 g/mol. The molecule has 1 heterocycles. The zero-order valence-electron chi connectivity index (χ0n) is 7.58. The topological polar surface area (TPSA) is 58.2 Å². The van der Waals surface area contributed by atoms with Crippen LogP contribution in [0.3, 0.4) is 0 Å². The Bertz CT molecular complexity index is 454. The predicted octanol–water partition coefficient (Wildman–Crippen LogP) is 1.43. The van der Waals surface area contributed by atoms with Crippen LogP contribution in [-0.2, 0) is 4.79 Å². The van der Waals surface area contributed by atoms with Crippen molar-refractivity contribution in [3.63, 3.8) is 0 Å². The van der Waals surface area contributed by atoms with Gasteiger partial charge in [-0.05, 0) is 5.56 Å². The second kappa shape index (κ2) is 3.74. The zero-order chi connectivity index (χ0) is 10.8. The first-order valence-corrected chi connectivity index (χ1v) is 4.64. The number of imide groups is 1. The molecule has 2 N–H and O–H groups in total. The Morgan fingerprint density at radius 3 is 2.27 bits per heavy atom. The second-order valence-corrected chi connectivity index (χ2v) is 3.34. The van der Waals surface area contributed by atoms with E-state index in [1.54, 1.807) is 24.3 Å². The maximum Gasteiger partial charge on any atom is 0.326 e. The highest BCUT2D eigenvalue weighted by Gasteiger charge is 2.26. The fraction of sp³-hybridized carbons (Fsp3) is 0. The summed E-state index contributed by atoms with van der Waals surface area (Å²) in [6.07, 6.45) is 0. The molecule has 76 valence electrons. The minimum atomic E-state index is -0.552. The molecule has 2 rings (SSSR count). The Labute approximate surface area is 90.9 Å². The van der Waals surface area contributed by atoms with Gasteiger partial charge in [0, 0.05) is 0 Å². The molecule has 1 aliphatic rings. The fourth-order valence-corrected chi connectivity index (χ4v) is 1.51. The number of hydrogen-bond donors (Lipinski definition) is 2. The van der Waals surface area contributed by atoms with E-state index in [1.807, 2.05) is 6.07 Å². The Kier molecular flexibility index (Phi) is 2.43. The van der Waals surface area contributed by atoms with Crippen LogP contribution in [0, 0.1) is 0 Å². The van der Waals surface area contributed by atoms with Gasteiger partial charge in [0.15, 0.2) is 0 Å². The zero-order valence-corrected chi connectivity index (χ0v) is 8.34. The molecular weight excluding hydrogens is 216 g/mol. The van der Waals surface area contributed by atoms with E-state index in [4.69, 9.17) is 11.6 Å². The monoisotopic (exact) mass is 222 g/mol. The fourth-order valence-electron chi connectivity index (χ4n) is 1.25. The van der Waals surface area contributed by atoms with Crippen LogP contribution in [0.25, 0.3) is 5.03 Å². The molecule has 1 aromatic carbocycles. The number of nitrogens with one attached hydrogen (secondary N) is 2. The van der Waals surface area contributed by atoms with Crippen molar-refractivity contribution in [2.45, 2.75) is 0 Å². The molecular formula is C10H7ClN2O2. The lowest BCUT2D eigenvalue weighted by Gasteiger charge is -2.01. The van der Waals surface area contributed by atoms with Crippen LogP contribution in [0.2, 0.25) is 0 Å². The molecule has 0 spiro atoms. The normalized spacial score (nSPS) is 18.5. The summed E-state index contributed by atoms with van der Waals surface area (Å²) in [6, 6.07) is 8.40. The second-order valence-electron chi connectivity index (χ2n) is 2.96. The van der Waals surface area contributed by atoms with Gasteiger partial charge in [0.25, 0.3) is 5.91 Å². The van der Waals surface area contributed by atoms with E-state index in [-0.39, 0.29) is 10.7 Å². The maximum atomic E-state index is 11.3. The highest BCUT2D eigenvalue weighted by atomic mass is 35.5. The largest absolute Gasteiger partial charge is 0.326 e. The van der Waals surface area contributed by atoms with Gasteiger partial charge in [0.1, 0.15) is 5.70 Å². The Morgan fingerprint density at radius 1 is 1.07 bits per heavy atom. The van der Waals surface area contributed by atoms with Crippen molar-refractivity contribution in [3.8, 4) is 0 Å². The molecule has 0 aliphatic carbocycles. The summed E-state index contributed by atoms with van der Waals surface area (Å²) in [5.74, 6) is -0.506. The number of rotatable bonds is 1. The summed E-state index contributed by atoms with van der Waals surface area (Å²) in [5.41, 5.74) is 0.777. The molecule has 15 heavy (non-hydrogen) atoms. The Hall–Kier alpha value is -1.81. The highest BCUT2D eigenvalue weighted by molar-refractivity contribution is 6.51. The van der Waals surface area contributed by atoms with Crippen molar-refractivity contribution in [2.24, 2.45) is 0 Å². The first-order valence-electron chi connectivity index (χ1n) is 4.26. The van der Waals surface area contributed by atoms with Gasteiger partial charge < -0.3 is 5.32 Å². The number of hydrogen-bond acceptors (Lipinski definition) is 2. The smallest absolute Gasteiger partial charge is 0.302 e. The van der Waals surface area contributed by atoms with Crippen LogP contribution in [0.5, 0.6) is 0 Å². The number of amides is 3. The van der Waals surface area contributed by atoms with Gasteiger partial charge in [0.2, 0.25) is 0 Å². The predicted molar refractivity (Wildman–Crippen MR) is 55.9 cm³/mol. The minimum Gasteiger partial charge on any atom is -0.302 e. The molecule has 5 heteroatoms. The van der Waals surface area contributed by atoms with Gasteiger partial charge in [-0.2, -0.15) is 0 Å². The van der Waals surface area contributed by atoms with Crippen molar-refractivity contribution in [3.05, 3.63) is 41.6 Å². The van der Waals surface area contributed by atoms with Crippen LogP contribution in [0.1, 0.15) is 5.56 Å². The van der Waals surface area contributed by atoms with E-state index >= 15 is 0 Å². The van der Waals surface area contributed by atoms with Crippen molar-refractivity contribution < 1.29 is 9.59 Å². The number of halogens is 1. The Morgan fingerprint density at radius 2 is 1.73 bits per heavy atom. The molecule has 4 nitrogen and oxygen atoms in total. The standard InChI is InChI=1S/C10H7ClN2O2/c11-7(6-4-2-1-3-5-6)8-9(14)13-10(15)12-8/h1-5H,(H2,12,13,14,15)/b8-7-. The van der Waals surface area contributed by atoms with E-state index in [0.29, 0.717) is 5.56 Å². The number of urea groups is 1. The molecule has 1 aliphatic heterocycles. The molecule has 3 amide bonds. The summed E-state index contributed by atoms with van der Waals surface area (Å²) in [5, 5.41) is 4.67. The van der Waals surface area contributed by atoms with E-state index in [0.717, 1.165) is 0 Å². The average Bonchev–Trinajstić information content (AvgIpc) is 2.58. The molecule has 0 atom stereocenters. The number of benzene rings is 1. The number of carbonyl (C=O) groups is 2. The van der Waals surface area contributed by atoms with Crippen molar-refractivity contribution in [1.82, 2.24) is 10.6 Å². The van der Waals surface area contributed by atoms with Crippen molar-refractivity contribution in [1.29, 1.82) is 0 Å². The third kappa shape index (κ3) is 1.85. The van der Waals surface area contributed by atoms with E-state index in [9.17, 15) is 9.59 Å². The quantitative estimate of drug-likeness (QED) is 0.558. The van der Waals surface area contributed by atoms with Crippen LogP contribution in [0.15, 0.2) is 36.0 Å². The van der Waals surface area contributed by atoms with Gasteiger partial charge in [-0.3, -0.25) is 10.1 Å². The highest BCUT2D eigenvalue weighted by Crippen LogP contribution is 2.22. The minimum absolute atomic E-state index is 0.0906. The van der Waals surface area contributed by atoms with Gasteiger partial charge in [-0.25, -0.2) is 4.79 Å². The molecule has 0 unspecified atom stereocenters. The summed E-state index contributed by atoms with van der Waals surface area (Å²) in [4.78, 5) is 22.1. The molecule has 0 saturated carbocycles. The van der Waals surface area contributed by atoms with E-state index in [1.165, 1.54) is 0 Å². The van der Waals surface area contributed by atoms with Gasteiger partial charge in [0.05, 0.1) is 5.03 Å². The SMILES string of the molecule is O=C1NC(=O)/C(=C(/Cl)c2ccccc2)N1. The first kappa shape index (κ1) is 9.73. The van der Waals surface area contributed by atoms with Gasteiger partial charge in [-0.1, -0.05) is 41.9 Å². The lowest BCUT2D eigenvalue weighted by molar-refractivity contribution is -0.115. The molecule has 1 saturated heterocycles. The third-order valence-corrected chi connectivity index (χ3v) is 2.35. The van der Waals surface area contributed by atoms with Crippen molar-refractivity contribution in [2.75, 3.05) is 0 Å². The van der Waals surface area contributed by atoms with Gasteiger partial charge >= 0.3 is 6.03 Å². The van der Waals surface area contributed by atoms with Crippen LogP contribution >= 0.6 is 11.6 Å². The lowest BCUT2D eigenvalue weighted by Crippen LogP contribution is -2.22. The third-order valence-electron chi connectivity index (χ3n) is 1.94. The van der Waals surface area contributed by atoms with Crippen LogP contribution in [0.4, 0.5) is 4.79 Å². The molecule has 0 radical (unpaired) electrons. The summed E-state index contributed by atoms with van der Waals surface area (Å²) >= 11 is 5.98. The van der Waals surface area contributed by atoms with Gasteiger partial charge in [-0.15, -0.1) is 0 Å². The summed E-state index contributed by atoms with van der Waals surface area (Å²) < 4.78 is 0. The maximum absolute atomic E-state index is 11.3. The molecule has 1 aromatic rings. The summed E-state index contributed by atoms with van der Waals surface area (Å²) in [7, 11) is 0. The van der Waals surface area contributed by atoms with Crippen molar-refractivity contribution >= 4 is 28.6 Å². The molecule has 0 aromatic heterocycles. The molecule has 0 bridgehead atoms. The van der Waals surface area contributed by atoms with E-state index in [2.05, 4.69) is 10.6 Å². The van der Waals surface area contributed by atoms with Crippen LogP contribution in [-0.4, -0.2) is 11.9 Å². The number of carbonyl (C=O) groups excluding carboxylic acids is 2. The Balaban J connectivity index is 2.42. The summed E-state index contributed by atoms with van der Waals surface area (Å²) in [6.45, 7) is 0.